The van der Waals surface area contributed by atoms with E-state index >= 15 is 0 Å². The van der Waals surface area contributed by atoms with Crippen molar-refractivity contribution in [2.24, 2.45) is 14.1 Å². The van der Waals surface area contributed by atoms with Crippen LogP contribution in [0.5, 0.6) is 0 Å². The Bertz CT molecular complexity index is 1380. The van der Waals surface area contributed by atoms with Crippen LogP contribution in [0.15, 0.2) is 62.9 Å². The van der Waals surface area contributed by atoms with Gasteiger partial charge in [-0.25, -0.2) is 14.5 Å². The van der Waals surface area contributed by atoms with Crippen molar-refractivity contribution in [3.63, 3.8) is 0 Å². The molecule has 1 aromatic carbocycles. The number of aryl methyl sites for hydroxylation is 1. The molecule has 0 unspecified atom stereocenters. The third kappa shape index (κ3) is 3.27. The number of anilines is 1. The first-order valence-corrected chi connectivity index (χ1v) is 9.34. The molecular formula is C19H15BrN6O3. The highest BCUT2D eigenvalue weighted by Crippen LogP contribution is 2.21. The molecule has 0 aliphatic heterocycles. The highest BCUT2D eigenvalue weighted by molar-refractivity contribution is 9.10. The van der Waals surface area contributed by atoms with E-state index < -0.39 is 17.2 Å². The van der Waals surface area contributed by atoms with E-state index in [1.54, 1.807) is 29.2 Å². The van der Waals surface area contributed by atoms with E-state index in [-0.39, 0.29) is 16.7 Å². The molecule has 0 bridgehead atoms. The minimum atomic E-state index is -0.512. The average molecular weight is 455 g/mol. The molecule has 1 amide bonds. The second-order valence-electron chi connectivity index (χ2n) is 6.35. The van der Waals surface area contributed by atoms with E-state index in [4.69, 9.17) is 0 Å². The fraction of sp³-hybridized carbons (Fsp3) is 0.105. The Morgan fingerprint density at radius 2 is 1.83 bits per heavy atom. The number of carbonyl (C=O) groups excluding carboxylic acids is 1. The number of fused-ring (bicyclic) bond motifs is 1. The molecule has 4 rings (SSSR count). The molecule has 3 aromatic heterocycles. The van der Waals surface area contributed by atoms with Gasteiger partial charge in [-0.05, 0) is 40.2 Å². The fourth-order valence-electron chi connectivity index (χ4n) is 2.98. The number of pyridine rings is 1. The second kappa shape index (κ2) is 7.13. The minimum absolute atomic E-state index is 0.0807. The first kappa shape index (κ1) is 18.8. The summed E-state index contributed by atoms with van der Waals surface area (Å²) in [6, 6.07) is 10.1. The minimum Gasteiger partial charge on any atom is -0.319 e. The lowest BCUT2D eigenvalue weighted by Crippen LogP contribution is -2.37. The molecule has 0 saturated heterocycles. The normalized spacial score (nSPS) is 11.0. The van der Waals surface area contributed by atoms with Gasteiger partial charge in [-0.15, -0.1) is 0 Å². The first-order chi connectivity index (χ1) is 13.9. The van der Waals surface area contributed by atoms with Crippen molar-refractivity contribution >= 4 is 38.6 Å². The molecule has 146 valence electrons. The van der Waals surface area contributed by atoms with Crippen molar-refractivity contribution in [2.75, 3.05) is 5.32 Å². The number of rotatable bonds is 3. The Kier molecular flexibility index (Phi) is 4.63. The molecular weight excluding hydrogens is 440 g/mol. The number of carbonyl (C=O) groups is 1. The Morgan fingerprint density at radius 3 is 2.55 bits per heavy atom. The molecule has 0 atom stereocenters. The summed E-state index contributed by atoms with van der Waals surface area (Å²) in [5.41, 5.74) is 0.466. The summed E-state index contributed by atoms with van der Waals surface area (Å²) in [5, 5.41) is 7.30. The largest absolute Gasteiger partial charge is 0.332 e. The molecule has 0 aliphatic carbocycles. The molecule has 10 heteroatoms. The van der Waals surface area contributed by atoms with Crippen LogP contribution in [0.25, 0.3) is 16.7 Å². The van der Waals surface area contributed by atoms with Crippen molar-refractivity contribution in [3.05, 3.63) is 79.8 Å². The van der Waals surface area contributed by atoms with Gasteiger partial charge in [0.2, 0.25) is 0 Å². The van der Waals surface area contributed by atoms with Crippen molar-refractivity contribution < 1.29 is 4.79 Å². The molecule has 0 aliphatic rings. The van der Waals surface area contributed by atoms with Gasteiger partial charge in [-0.3, -0.25) is 18.7 Å². The third-order valence-electron chi connectivity index (χ3n) is 4.48. The number of hydrogen-bond donors (Lipinski definition) is 1. The Balaban J connectivity index is 1.74. The van der Waals surface area contributed by atoms with Gasteiger partial charge in [-0.2, -0.15) is 5.10 Å². The van der Waals surface area contributed by atoms with Gasteiger partial charge in [0.15, 0.2) is 0 Å². The number of hydrogen-bond acceptors (Lipinski definition) is 5. The molecule has 29 heavy (non-hydrogen) atoms. The van der Waals surface area contributed by atoms with Crippen LogP contribution < -0.4 is 16.6 Å². The van der Waals surface area contributed by atoms with Gasteiger partial charge in [-0.1, -0.05) is 12.1 Å². The van der Waals surface area contributed by atoms with Gasteiger partial charge in [0, 0.05) is 20.3 Å². The number of halogens is 1. The summed E-state index contributed by atoms with van der Waals surface area (Å²) in [4.78, 5) is 41.5. The highest BCUT2D eigenvalue weighted by atomic mass is 79.9. The van der Waals surface area contributed by atoms with Crippen molar-refractivity contribution in [2.45, 2.75) is 0 Å². The predicted octanol–water partition coefficient (Wildman–Crippen LogP) is 1.83. The Hall–Kier alpha value is -3.53. The molecule has 4 aromatic rings. The lowest BCUT2D eigenvalue weighted by molar-refractivity contribution is 0.102. The maximum Gasteiger partial charge on any atom is 0.332 e. The number of para-hydroxylation sites is 2. The Labute approximate surface area is 172 Å². The van der Waals surface area contributed by atoms with E-state index in [1.807, 2.05) is 12.1 Å². The lowest BCUT2D eigenvalue weighted by atomic mass is 10.2. The summed E-state index contributed by atoms with van der Waals surface area (Å²) in [7, 11) is 2.90. The SMILES string of the molecule is Cn1c(=O)c2ccc(C(=O)Nc3ccccc3-n3cc(Br)cn3)nc2n(C)c1=O. The summed E-state index contributed by atoms with van der Waals surface area (Å²) < 4.78 is 4.67. The van der Waals surface area contributed by atoms with E-state index in [0.29, 0.717) is 11.4 Å². The zero-order valence-corrected chi connectivity index (χ0v) is 17.0. The third-order valence-corrected chi connectivity index (χ3v) is 4.89. The number of nitrogens with one attached hydrogen (secondary N) is 1. The summed E-state index contributed by atoms with van der Waals surface area (Å²) >= 11 is 3.35. The highest BCUT2D eigenvalue weighted by Gasteiger charge is 2.15. The Morgan fingerprint density at radius 1 is 1.07 bits per heavy atom. The quantitative estimate of drug-likeness (QED) is 0.508. The fourth-order valence-corrected chi connectivity index (χ4v) is 3.26. The predicted molar refractivity (Wildman–Crippen MR) is 111 cm³/mol. The number of benzene rings is 1. The van der Waals surface area contributed by atoms with Crippen molar-refractivity contribution in [1.29, 1.82) is 0 Å². The zero-order chi connectivity index (χ0) is 20.7. The van der Waals surface area contributed by atoms with Crippen LogP contribution in [0, 0.1) is 0 Å². The molecule has 0 fully saturated rings. The number of aromatic nitrogens is 5. The summed E-state index contributed by atoms with van der Waals surface area (Å²) in [6.07, 6.45) is 3.41. The topological polar surface area (TPSA) is 104 Å². The monoisotopic (exact) mass is 454 g/mol. The van der Waals surface area contributed by atoms with Crippen molar-refractivity contribution in [3.8, 4) is 5.69 Å². The lowest BCUT2D eigenvalue weighted by Gasteiger charge is -2.12. The van der Waals surface area contributed by atoms with E-state index in [1.165, 1.54) is 30.8 Å². The van der Waals surface area contributed by atoms with E-state index in [2.05, 4.69) is 31.3 Å². The molecule has 1 N–H and O–H groups in total. The van der Waals surface area contributed by atoms with Gasteiger partial charge < -0.3 is 5.32 Å². The number of nitrogens with zero attached hydrogens (tertiary/aromatic N) is 5. The van der Waals surface area contributed by atoms with Crippen LogP contribution in [-0.4, -0.2) is 29.8 Å². The number of amides is 1. The second-order valence-corrected chi connectivity index (χ2v) is 7.26. The molecule has 3 heterocycles. The first-order valence-electron chi connectivity index (χ1n) is 8.54. The van der Waals surface area contributed by atoms with Gasteiger partial charge in [0.05, 0.1) is 27.4 Å². The van der Waals surface area contributed by atoms with Crippen LogP contribution >= 0.6 is 15.9 Å². The molecule has 9 nitrogen and oxygen atoms in total. The maximum absolute atomic E-state index is 12.8. The van der Waals surface area contributed by atoms with Crippen LogP contribution in [0.3, 0.4) is 0 Å². The molecule has 0 radical (unpaired) electrons. The van der Waals surface area contributed by atoms with Crippen LogP contribution in [0.1, 0.15) is 10.5 Å². The summed E-state index contributed by atoms with van der Waals surface area (Å²) in [6.45, 7) is 0. The molecule has 0 saturated carbocycles. The summed E-state index contributed by atoms with van der Waals surface area (Å²) in [5.74, 6) is -0.473. The standard InChI is InChI=1S/C19H15BrN6O3/c1-24-16-12(18(28)25(2)19(24)29)7-8-14(22-16)17(27)23-13-5-3-4-6-15(13)26-10-11(20)9-21-26/h3-10H,1-2H3,(H,23,27). The van der Waals surface area contributed by atoms with E-state index in [9.17, 15) is 14.4 Å². The zero-order valence-electron chi connectivity index (χ0n) is 15.5. The van der Waals surface area contributed by atoms with Gasteiger partial charge in [0.25, 0.3) is 11.5 Å². The average Bonchev–Trinajstić information content (AvgIpc) is 3.16. The maximum atomic E-state index is 12.8. The van der Waals surface area contributed by atoms with Gasteiger partial charge in [0.1, 0.15) is 11.3 Å². The smallest absolute Gasteiger partial charge is 0.319 e. The van der Waals surface area contributed by atoms with Crippen LogP contribution in [-0.2, 0) is 14.1 Å². The van der Waals surface area contributed by atoms with E-state index in [0.717, 1.165) is 9.04 Å². The van der Waals surface area contributed by atoms with Crippen molar-refractivity contribution in [1.82, 2.24) is 23.9 Å². The molecule has 0 spiro atoms. The van der Waals surface area contributed by atoms with Crippen LogP contribution in [0.2, 0.25) is 0 Å². The van der Waals surface area contributed by atoms with Gasteiger partial charge >= 0.3 is 5.69 Å². The van der Waals surface area contributed by atoms with Crippen LogP contribution in [0.4, 0.5) is 5.69 Å².